The Kier molecular flexibility index (Phi) is 2.53. The van der Waals surface area contributed by atoms with E-state index in [2.05, 4.69) is 0 Å². The van der Waals surface area contributed by atoms with Crippen LogP contribution in [-0.4, -0.2) is 0 Å². The zero-order valence-electron chi connectivity index (χ0n) is 9.91. The first-order valence-corrected chi connectivity index (χ1v) is 6.11. The number of hydrogen-bond acceptors (Lipinski definition) is 2. The number of nitrogens with two attached hydrogens (primary N) is 1. The van der Waals surface area contributed by atoms with Gasteiger partial charge in [0, 0.05) is 22.5 Å². The van der Waals surface area contributed by atoms with Gasteiger partial charge in [-0.15, -0.1) is 0 Å². The monoisotopic (exact) mass is 257 g/mol. The lowest BCUT2D eigenvalue weighted by Gasteiger charge is -2.00. The maximum atomic E-state index is 6.24. The van der Waals surface area contributed by atoms with Gasteiger partial charge >= 0.3 is 0 Å². The molecule has 3 heteroatoms. The van der Waals surface area contributed by atoms with Crippen LogP contribution in [0.2, 0.25) is 5.02 Å². The molecule has 3 aromatic rings. The van der Waals surface area contributed by atoms with Crippen molar-refractivity contribution in [2.75, 3.05) is 5.73 Å². The molecule has 0 saturated heterocycles. The quantitative estimate of drug-likeness (QED) is 0.633. The van der Waals surface area contributed by atoms with Crippen LogP contribution in [0.1, 0.15) is 12.5 Å². The van der Waals surface area contributed by atoms with Gasteiger partial charge in [0.25, 0.3) is 0 Å². The van der Waals surface area contributed by atoms with Gasteiger partial charge in [-0.1, -0.05) is 29.8 Å². The van der Waals surface area contributed by atoms with E-state index in [9.17, 15) is 0 Å². The number of benzene rings is 2. The SMILES string of the molecule is C/C=C\c1cc2c(cc1N)oc1cccc(Cl)c12. The molecule has 0 radical (unpaired) electrons. The fourth-order valence-electron chi connectivity index (χ4n) is 2.19. The molecule has 0 fully saturated rings. The van der Waals surface area contributed by atoms with Crippen LogP contribution in [0.15, 0.2) is 40.8 Å². The number of nitrogen functional groups attached to an aromatic ring is 1. The van der Waals surface area contributed by atoms with E-state index in [1.54, 1.807) is 0 Å². The summed E-state index contributed by atoms with van der Waals surface area (Å²) in [7, 11) is 0. The van der Waals surface area contributed by atoms with E-state index in [1.807, 2.05) is 49.4 Å². The summed E-state index contributed by atoms with van der Waals surface area (Å²) in [4.78, 5) is 0. The van der Waals surface area contributed by atoms with Gasteiger partial charge in [-0.2, -0.15) is 0 Å². The molecule has 0 aliphatic carbocycles. The summed E-state index contributed by atoms with van der Waals surface area (Å²) in [5.41, 5.74) is 9.23. The summed E-state index contributed by atoms with van der Waals surface area (Å²) in [6.07, 6.45) is 3.94. The molecule has 2 aromatic carbocycles. The van der Waals surface area contributed by atoms with Crippen LogP contribution in [0.25, 0.3) is 28.0 Å². The van der Waals surface area contributed by atoms with Crippen LogP contribution in [-0.2, 0) is 0 Å². The van der Waals surface area contributed by atoms with Crippen molar-refractivity contribution < 1.29 is 4.42 Å². The van der Waals surface area contributed by atoms with Gasteiger partial charge < -0.3 is 10.2 Å². The van der Waals surface area contributed by atoms with Gasteiger partial charge in [0.15, 0.2) is 0 Å². The first-order valence-electron chi connectivity index (χ1n) is 5.73. The molecule has 0 unspecified atom stereocenters. The molecule has 1 heterocycles. The van der Waals surface area contributed by atoms with Crippen LogP contribution in [0.4, 0.5) is 5.69 Å². The Morgan fingerprint density at radius 1 is 1.22 bits per heavy atom. The largest absolute Gasteiger partial charge is 0.456 e. The molecular formula is C15H12ClNO. The van der Waals surface area contributed by atoms with Crippen LogP contribution in [0, 0.1) is 0 Å². The van der Waals surface area contributed by atoms with Crippen molar-refractivity contribution in [1.82, 2.24) is 0 Å². The average Bonchev–Trinajstić information content (AvgIpc) is 2.68. The minimum Gasteiger partial charge on any atom is -0.456 e. The van der Waals surface area contributed by atoms with Crippen LogP contribution in [0.5, 0.6) is 0 Å². The minimum atomic E-state index is 0.697. The molecule has 18 heavy (non-hydrogen) atoms. The molecular weight excluding hydrogens is 246 g/mol. The molecule has 3 rings (SSSR count). The fraction of sp³-hybridized carbons (Fsp3) is 0.0667. The van der Waals surface area contributed by atoms with E-state index in [0.29, 0.717) is 10.7 Å². The summed E-state index contributed by atoms with van der Waals surface area (Å²) in [6, 6.07) is 9.52. The number of hydrogen-bond donors (Lipinski definition) is 1. The highest BCUT2D eigenvalue weighted by atomic mass is 35.5. The zero-order valence-corrected chi connectivity index (χ0v) is 10.7. The summed E-state index contributed by atoms with van der Waals surface area (Å²) in [6.45, 7) is 1.96. The predicted molar refractivity (Wildman–Crippen MR) is 77.9 cm³/mol. The minimum absolute atomic E-state index is 0.697. The van der Waals surface area contributed by atoms with Gasteiger partial charge in [-0.25, -0.2) is 0 Å². The lowest BCUT2D eigenvalue weighted by molar-refractivity contribution is 0.669. The Balaban J connectivity index is 2.47. The van der Waals surface area contributed by atoms with Gasteiger partial charge in [-0.3, -0.25) is 0 Å². The Bertz CT molecular complexity index is 771. The molecule has 2 nitrogen and oxygen atoms in total. The molecule has 0 amide bonds. The van der Waals surface area contributed by atoms with Gasteiger partial charge in [-0.05, 0) is 30.7 Å². The van der Waals surface area contributed by atoms with Crippen LogP contribution < -0.4 is 5.73 Å². The lowest BCUT2D eigenvalue weighted by Crippen LogP contribution is -1.88. The van der Waals surface area contributed by atoms with Crippen molar-refractivity contribution in [3.05, 3.63) is 47.0 Å². The van der Waals surface area contributed by atoms with E-state index in [-0.39, 0.29) is 0 Å². The van der Waals surface area contributed by atoms with E-state index in [4.69, 9.17) is 21.8 Å². The summed E-state index contributed by atoms with van der Waals surface area (Å²) in [5, 5.41) is 2.64. The smallest absolute Gasteiger partial charge is 0.137 e. The highest BCUT2D eigenvalue weighted by molar-refractivity contribution is 6.37. The molecule has 90 valence electrons. The molecule has 2 N–H and O–H groups in total. The van der Waals surface area contributed by atoms with Gasteiger partial charge in [0.2, 0.25) is 0 Å². The number of allylic oxidation sites excluding steroid dienone is 1. The van der Waals surface area contributed by atoms with Crippen molar-refractivity contribution in [3.63, 3.8) is 0 Å². The highest BCUT2D eigenvalue weighted by Gasteiger charge is 2.11. The Hall–Kier alpha value is -1.93. The predicted octanol–water partition coefficient (Wildman–Crippen LogP) is 4.85. The average molecular weight is 258 g/mol. The maximum absolute atomic E-state index is 6.24. The summed E-state index contributed by atoms with van der Waals surface area (Å²) in [5.74, 6) is 0. The van der Waals surface area contributed by atoms with Crippen molar-refractivity contribution in [2.24, 2.45) is 0 Å². The van der Waals surface area contributed by atoms with Crippen LogP contribution >= 0.6 is 11.6 Å². The lowest BCUT2D eigenvalue weighted by atomic mass is 10.1. The first-order chi connectivity index (χ1) is 8.70. The summed E-state index contributed by atoms with van der Waals surface area (Å²) >= 11 is 6.24. The van der Waals surface area contributed by atoms with Crippen molar-refractivity contribution in [3.8, 4) is 0 Å². The molecule has 0 aliphatic rings. The number of rotatable bonds is 1. The van der Waals surface area contributed by atoms with E-state index in [1.165, 1.54) is 0 Å². The Morgan fingerprint density at radius 3 is 2.83 bits per heavy atom. The number of fused-ring (bicyclic) bond motifs is 3. The number of furan rings is 1. The highest BCUT2D eigenvalue weighted by Crippen LogP contribution is 2.36. The van der Waals surface area contributed by atoms with Gasteiger partial charge in [0.05, 0.1) is 5.02 Å². The van der Waals surface area contributed by atoms with E-state index >= 15 is 0 Å². The third kappa shape index (κ3) is 1.57. The third-order valence-corrected chi connectivity index (χ3v) is 3.31. The third-order valence-electron chi connectivity index (χ3n) is 3.00. The number of anilines is 1. The summed E-state index contributed by atoms with van der Waals surface area (Å²) < 4.78 is 5.76. The van der Waals surface area contributed by atoms with E-state index in [0.717, 1.165) is 27.5 Å². The molecule has 0 bridgehead atoms. The van der Waals surface area contributed by atoms with Crippen molar-refractivity contribution in [2.45, 2.75) is 6.92 Å². The molecule has 0 aliphatic heterocycles. The van der Waals surface area contributed by atoms with Crippen LogP contribution in [0.3, 0.4) is 0 Å². The first kappa shape index (κ1) is 11.2. The second-order valence-corrected chi connectivity index (χ2v) is 4.60. The normalized spacial score (nSPS) is 11.9. The fourth-order valence-corrected chi connectivity index (χ4v) is 2.45. The molecule has 0 atom stereocenters. The Labute approximate surface area is 110 Å². The zero-order chi connectivity index (χ0) is 12.7. The second-order valence-electron chi connectivity index (χ2n) is 4.19. The Morgan fingerprint density at radius 2 is 2.06 bits per heavy atom. The van der Waals surface area contributed by atoms with Gasteiger partial charge in [0.1, 0.15) is 11.2 Å². The van der Waals surface area contributed by atoms with E-state index < -0.39 is 0 Å². The van der Waals surface area contributed by atoms with Crippen molar-refractivity contribution in [1.29, 1.82) is 0 Å². The standard InChI is InChI=1S/C15H12ClNO/c1-2-4-9-7-10-14(8-12(9)17)18-13-6-3-5-11(16)15(10)13/h2-8H,17H2,1H3/b4-2-. The molecule has 0 spiro atoms. The second kappa shape index (κ2) is 4.07. The number of halogens is 1. The molecule has 1 aromatic heterocycles. The van der Waals surface area contributed by atoms with Crippen molar-refractivity contribution >= 4 is 45.3 Å². The topological polar surface area (TPSA) is 39.2 Å². The molecule has 0 saturated carbocycles. The maximum Gasteiger partial charge on any atom is 0.137 e.